The molecule has 0 aliphatic heterocycles. The molecule has 4 heteroatoms. The summed E-state index contributed by atoms with van der Waals surface area (Å²) in [4.78, 5) is 0. The second kappa shape index (κ2) is 5.77. The van der Waals surface area contributed by atoms with Crippen molar-refractivity contribution < 1.29 is 13.5 Å². The molecule has 0 fully saturated rings. The molecule has 1 atom stereocenters. The van der Waals surface area contributed by atoms with E-state index in [1.54, 1.807) is 26.0 Å². The lowest BCUT2D eigenvalue weighted by Gasteiger charge is -2.12. The molecule has 2 nitrogen and oxygen atoms in total. The standard InChI is InChI=1S/C13H17F2NO/c1-8-6-11(5-4-10(3)16)7-9(2)12(8)17-13(14)15/h4-7,10,13H,16H2,1-3H3/b5-4+. The van der Waals surface area contributed by atoms with Crippen LogP contribution < -0.4 is 10.5 Å². The van der Waals surface area contributed by atoms with Gasteiger partial charge in [-0.2, -0.15) is 8.78 Å². The number of alkyl halides is 2. The predicted octanol–water partition coefficient (Wildman–Crippen LogP) is 3.27. The summed E-state index contributed by atoms with van der Waals surface area (Å²) in [5, 5.41) is 0. The van der Waals surface area contributed by atoms with Crippen LogP contribution in [0.15, 0.2) is 18.2 Å². The van der Waals surface area contributed by atoms with E-state index in [4.69, 9.17) is 5.73 Å². The molecule has 1 unspecified atom stereocenters. The van der Waals surface area contributed by atoms with Gasteiger partial charge in [0.05, 0.1) is 0 Å². The Morgan fingerprint density at radius 3 is 2.18 bits per heavy atom. The Morgan fingerprint density at radius 2 is 1.76 bits per heavy atom. The number of halogens is 2. The molecule has 17 heavy (non-hydrogen) atoms. The van der Waals surface area contributed by atoms with Crippen LogP contribution in [-0.4, -0.2) is 12.7 Å². The average molecular weight is 241 g/mol. The first-order valence-corrected chi connectivity index (χ1v) is 5.40. The van der Waals surface area contributed by atoms with Crippen LogP contribution >= 0.6 is 0 Å². The van der Waals surface area contributed by atoms with Gasteiger partial charge in [-0.25, -0.2) is 0 Å². The minimum Gasteiger partial charge on any atom is -0.434 e. The third kappa shape index (κ3) is 4.15. The Morgan fingerprint density at radius 1 is 1.24 bits per heavy atom. The van der Waals surface area contributed by atoms with E-state index >= 15 is 0 Å². The van der Waals surface area contributed by atoms with Gasteiger partial charge in [-0.1, -0.05) is 12.2 Å². The van der Waals surface area contributed by atoms with Crippen LogP contribution in [0.1, 0.15) is 23.6 Å². The molecule has 0 saturated carbocycles. The Labute approximate surface area is 100 Å². The number of aryl methyl sites for hydroxylation is 2. The number of hydrogen-bond acceptors (Lipinski definition) is 2. The molecule has 1 aromatic carbocycles. The molecule has 0 aliphatic carbocycles. The quantitative estimate of drug-likeness (QED) is 0.878. The molecule has 0 bridgehead atoms. The van der Waals surface area contributed by atoms with Crippen molar-refractivity contribution in [3.05, 3.63) is 34.9 Å². The van der Waals surface area contributed by atoms with Crippen LogP contribution in [0.25, 0.3) is 6.08 Å². The highest BCUT2D eigenvalue weighted by Gasteiger charge is 2.10. The van der Waals surface area contributed by atoms with E-state index in [1.807, 2.05) is 19.1 Å². The summed E-state index contributed by atoms with van der Waals surface area (Å²) in [6, 6.07) is 3.56. The second-order valence-corrected chi connectivity index (χ2v) is 4.08. The number of nitrogens with two attached hydrogens (primary N) is 1. The van der Waals surface area contributed by atoms with E-state index in [0.717, 1.165) is 5.56 Å². The van der Waals surface area contributed by atoms with E-state index in [1.165, 1.54) is 0 Å². The molecule has 1 aromatic rings. The maximum atomic E-state index is 12.2. The van der Waals surface area contributed by atoms with Crippen molar-refractivity contribution in [2.75, 3.05) is 0 Å². The molecule has 1 rings (SSSR count). The van der Waals surface area contributed by atoms with Crippen LogP contribution in [0, 0.1) is 13.8 Å². The van der Waals surface area contributed by atoms with E-state index in [9.17, 15) is 8.78 Å². The highest BCUT2D eigenvalue weighted by molar-refractivity contribution is 5.56. The van der Waals surface area contributed by atoms with Gasteiger partial charge in [-0.15, -0.1) is 0 Å². The number of ether oxygens (including phenoxy) is 1. The maximum absolute atomic E-state index is 12.2. The third-order valence-corrected chi connectivity index (χ3v) is 2.28. The first kappa shape index (κ1) is 13.6. The van der Waals surface area contributed by atoms with E-state index in [-0.39, 0.29) is 11.8 Å². The molecule has 0 amide bonds. The first-order chi connectivity index (χ1) is 7.90. The van der Waals surface area contributed by atoms with Gasteiger partial charge < -0.3 is 10.5 Å². The molecular formula is C13H17F2NO. The third-order valence-electron chi connectivity index (χ3n) is 2.28. The Hall–Kier alpha value is -1.42. The van der Waals surface area contributed by atoms with Gasteiger partial charge in [0.15, 0.2) is 0 Å². The van der Waals surface area contributed by atoms with Crippen molar-refractivity contribution in [3.8, 4) is 5.75 Å². The summed E-state index contributed by atoms with van der Waals surface area (Å²) in [5.74, 6) is 0.248. The lowest BCUT2D eigenvalue weighted by molar-refractivity contribution is -0.0507. The van der Waals surface area contributed by atoms with Crippen molar-refractivity contribution in [2.24, 2.45) is 5.73 Å². The van der Waals surface area contributed by atoms with Crippen molar-refractivity contribution >= 4 is 6.08 Å². The summed E-state index contributed by atoms with van der Waals surface area (Å²) in [6.45, 7) is 2.56. The van der Waals surface area contributed by atoms with Crippen molar-refractivity contribution in [1.29, 1.82) is 0 Å². The minimum atomic E-state index is -2.79. The molecule has 0 heterocycles. The van der Waals surface area contributed by atoms with Crippen molar-refractivity contribution in [2.45, 2.75) is 33.4 Å². The highest BCUT2D eigenvalue weighted by Crippen LogP contribution is 2.26. The van der Waals surface area contributed by atoms with Crippen LogP contribution in [0.2, 0.25) is 0 Å². The van der Waals surface area contributed by atoms with Crippen LogP contribution in [-0.2, 0) is 0 Å². The Bertz CT molecular complexity index is 391. The topological polar surface area (TPSA) is 35.2 Å². The SMILES string of the molecule is Cc1cc(/C=C/C(C)N)cc(C)c1OC(F)F. The minimum absolute atomic E-state index is 0.0346. The number of rotatable bonds is 4. The molecule has 0 saturated heterocycles. The summed E-state index contributed by atoms with van der Waals surface area (Å²) in [6.07, 6.45) is 3.72. The van der Waals surface area contributed by atoms with Gasteiger partial charge in [-0.05, 0) is 49.6 Å². The molecule has 2 N–H and O–H groups in total. The molecule has 0 aliphatic rings. The summed E-state index contributed by atoms with van der Waals surface area (Å²) < 4.78 is 28.8. The van der Waals surface area contributed by atoms with Gasteiger partial charge in [0, 0.05) is 6.04 Å². The second-order valence-electron chi connectivity index (χ2n) is 4.08. The van der Waals surface area contributed by atoms with E-state index in [2.05, 4.69) is 4.74 Å². The number of benzene rings is 1. The zero-order valence-corrected chi connectivity index (χ0v) is 10.2. The fourth-order valence-corrected chi connectivity index (χ4v) is 1.62. The van der Waals surface area contributed by atoms with Crippen LogP contribution in [0.3, 0.4) is 0 Å². The normalized spacial score (nSPS) is 13.4. The average Bonchev–Trinajstić information content (AvgIpc) is 2.20. The van der Waals surface area contributed by atoms with Gasteiger partial charge in [-0.3, -0.25) is 0 Å². The molecular weight excluding hydrogens is 224 g/mol. The van der Waals surface area contributed by atoms with Gasteiger partial charge in [0.1, 0.15) is 5.75 Å². The summed E-state index contributed by atoms with van der Waals surface area (Å²) in [7, 11) is 0. The van der Waals surface area contributed by atoms with Crippen LogP contribution in [0.5, 0.6) is 5.75 Å². The predicted molar refractivity (Wildman–Crippen MR) is 65.2 cm³/mol. The Balaban J connectivity index is 3.01. The summed E-state index contributed by atoms with van der Waals surface area (Å²) in [5.41, 5.74) is 7.91. The molecule has 0 aromatic heterocycles. The first-order valence-electron chi connectivity index (χ1n) is 5.40. The van der Waals surface area contributed by atoms with Crippen molar-refractivity contribution in [3.63, 3.8) is 0 Å². The van der Waals surface area contributed by atoms with Crippen LogP contribution in [0.4, 0.5) is 8.78 Å². The molecule has 0 radical (unpaired) electrons. The number of hydrogen-bond donors (Lipinski definition) is 1. The highest BCUT2D eigenvalue weighted by atomic mass is 19.3. The molecule has 0 spiro atoms. The zero-order valence-electron chi connectivity index (χ0n) is 10.2. The fraction of sp³-hybridized carbons (Fsp3) is 0.385. The summed E-state index contributed by atoms with van der Waals surface area (Å²) >= 11 is 0. The monoisotopic (exact) mass is 241 g/mol. The Kier molecular flexibility index (Phi) is 4.63. The zero-order chi connectivity index (χ0) is 13.0. The van der Waals surface area contributed by atoms with E-state index in [0.29, 0.717) is 11.1 Å². The van der Waals surface area contributed by atoms with Crippen molar-refractivity contribution in [1.82, 2.24) is 0 Å². The fourth-order valence-electron chi connectivity index (χ4n) is 1.62. The smallest absolute Gasteiger partial charge is 0.387 e. The largest absolute Gasteiger partial charge is 0.434 e. The van der Waals surface area contributed by atoms with Gasteiger partial charge in [0.25, 0.3) is 0 Å². The van der Waals surface area contributed by atoms with Gasteiger partial charge in [0.2, 0.25) is 0 Å². The lowest BCUT2D eigenvalue weighted by Crippen LogP contribution is -2.10. The lowest BCUT2D eigenvalue weighted by atomic mass is 10.0. The maximum Gasteiger partial charge on any atom is 0.387 e. The van der Waals surface area contributed by atoms with E-state index < -0.39 is 6.61 Å². The van der Waals surface area contributed by atoms with Gasteiger partial charge >= 0.3 is 6.61 Å². The molecule has 94 valence electrons.